The predicted molar refractivity (Wildman–Crippen MR) is 118 cm³/mol. The quantitative estimate of drug-likeness (QED) is 0.514. The number of amides is 3. The number of rotatable bonds is 5. The maximum absolute atomic E-state index is 12.4. The molecule has 4 heterocycles. The van der Waals surface area contributed by atoms with Gasteiger partial charge in [0.15, 0.2) is 11.5 Å². The molecule has 0 aliphatic carbocycles. The van der Waals surface area contributed by atoms with E-state index in [4.69, 9.17) is 8.83 Å². The molecule has 0 saturated carbocycles. The highest BCUT2D eigenvalue weighted by Crippen LogP contribution is 2.37. The fraction of sp³-hybridized carbons (Fsp3) is 0.292. The average Bonchev–Trinajstić information content (AvgIpc) is 3.51. The smallest absolute Gasteiger partial charge is 0.313 e. The summed E-state index contributed by atoms with van der Waals surface area (Å²) in [6.07, 6.45) is 3.13. The van der Waals surface area contributed by atoms with Gasteiger partial charge in [-0.1, -0.05) is 0 Å². The number of aryl methyl sites for hydroxylation is 2. The second-order valence-corrected chi connectivity index (χ2v) is 8.15. The SMILES string of the molecule is O=C(NCC(O)c1ccc(-c2ccco2)o1)C(=O)Nc1cc2c3c(c1)CCC(=O)N3CCC2. The highest BCUT2D eigenvalue weighted by atomic mass is 16.4. The molecular formula is C24H23N3O6. The van der Waals surface area contributed by atoms with E-state index < -0.39 is 17.9 Å². The largest absolute Gasteiger partial charge is 0.461 e. The Kier molecular flexibility index (Phi) is 5.47. The molecule has 1 unspecified atom stereocenters. The molecule has 3 N–H and O–H groups in total. The summed E-state index contributed by atoms with van der Waals surface area (Å²) in [4.78, 5) is 38.7. The number of anilines is 2. The number of nitrogens with zero attached hydrogens (tertiary/aromatic N) is 1. The van der Waals surface area contributed by atoms with E-state index in [-0.39, 0.29) is 18.2 Å². The van der Waals surface area contributed by atoms with E-state index in [1.54, 1.807) is 24.3 Å². The highest BCUT2D eigenvalue weighted by molar-refractivity contribution is 6.39. The number of hydrogen-bond acceptors (Lipinski definition) is 6. The minimum atomic E-state index is -1.12. The van der Waals surface area contributed by atoms with E-state index in [0.29, 0.717) is 36.6 Å². The van der Waals surface area contributed by atoms with E-state index in [9.17, 15) is 19.5 Å². The van der Waals surface area contributed by atoms with Crippen LogP contribution in [0.25, 0.3) is 11.5 Å². The molecule has 1 atom stereocenters. The van der Waals surface area contributed by atoms with Crippen LogP contribution in [0.15, 0.2) is 51.5 Å². The van der Waals surface area contributed by atoms with Gasteiger partial charge in [0.2, 0.25) is 5.91 Å². The van der Waals surface area contributed by atoms with Gasteiger partial charge < -0.3 is 29.5 Å². The van der Waals surface area contributed by atoms with Crippen molar-refractivity contribution in [3.05, 3.63) is 59.5 Å². The lowest BCUT2D eigenvalue weighted by Crippen LogP contribution is -2.39. The number of hydrogen-bond donors (Lipinski definition) is 3. The Hall–Kier alpha value is -3.85. The topological polar surface area (TPSA) is 125 Å². The number of carbonyl (C=O) groups is 3. The van der Waals surface area contributed by atoms with Crippen LogP contribution in [0.3, 0.4) is 0 Å². The lowest BCUT2D eigenvalue weighted by atomic mass is 9.91. The number of nitrogens with one attached hydrogen (secondary N) is 2. The fourth-order valence-electron chi connectivity index (χ4n) is 4.37. The lowest BCUT2D eigenvalue weighted by molar-refractivity contribution is -0.136. The summed E-state index contributed by atoms with van der Waals surface area (Å²) in [5, 5.41) is 15.4. The normalized spacial score (nSPS) is 15.7. The molecule has 2 aliphatic rings. The van der Waals surface area contributed by atoms with Crippen LogP contribution in [0.2, 0.25) is 0 Å². The van der Waals surface area contributed by atoms with Crippen molar-refractivity contribution in [1.82, 2.24) is 5.32 Å². The molecule has 170 valence electrons. The Morgan fingerprint density at radius 2 is 1.88 bits per heavy atom. The Balaban J connectivity index is 1.20. The summed E-state index contributed by atoms with van der Waals surface area (Å²) in [5.74, 6) is -0.344. The average molecular weight is 449 g/mol. The van der Waals surface area contributed by atoms with Gasteiger partial charge >= 0.3 is 11.8 Å². The van der Waals surface area contributed by atoms with E-state index >= 15 is 0 Å². The monoisotopic (exact) mass is 449 g/mol. The first kappa shape index (κ1) is 21.0. The van der Waals surface area contributed by atoms with Crippen LogP contribution >= 0.6 is 0 Å². The van der Waals surface area contributed by atoms with Gasteiger partial charge in [-0.2, -0.15) is 0 Å². The van der Waals surface area contributed by atoms with E-state index in [1.165, 1.54) is 6.26 Å². The maximum atomic E-state index is 12.4. The van der Waals surface area contributed by atoms with Gasteiger partial charge in [0.05, 0.1) is 18.5 Å². The van der Waals surface area contributed by atoms with Gasteiger partial charge in [0, 0.05) is 18.7 Å². The Morgan fingerprint density at radius 1 is 1.06 bits per heavy atom. The maximum Gasteiger partial charge on any atom is 0.313 e. The van der Waals surface area contributed by atoms with E-state index in [1.807, 2.05) is 17.0 Å². The molecule has 3 aromatic rings. The van der Waals surface area contributed by atoms with Crippen LogP contribution in [0.1, 0.15) is 35.8 Å². The van der Waals surface area contributed by atoms with Crippen molar-refractivity contribution >= 4 is 29.1 Å². The van der Waals surface area contributed by atoms with Gasteiger partial charge in [-0.15, -0.1) is 0 Å². The third-order valence-electron chi connectivity index (χ3n) is 5.91. The van der Waals surface area contributed by atoms with Crippen molar-refractivity contribution < 1.29 is 28.3 Å². The molecule has 3 amide bonds. The third kappa shape index (κ3) is 4.14. The number of aliphatic hydroxyl groups is 1. The number of furan rings is 2. The number of aliphatic hydroxyl groups excluding tert-OH is 1. The van der Waals surface area contributed by atoms with Gasteiger partial charge in [-0.05, 0) is 66.8 Å². The molecule has 0 bridgehead atoms. The molecule has 2 aliphatic heterocycles. The van der Waals surface area contributed by atoms with Crippen LogP contribution in [0.5, 0.6) is 0 Å². The van der Waals surface area contributed by atoms with Gasteiger partial charge in [-0.25, -0.2) is 0 Å². The number of carbonyl (C=O) groups excluding carboxylic acids is 3. The van der Waals surface area contributed by atoms with Crippen LogP contribution in [0.4, 0.5) is 11.4 Å². The molecule has 0 saturated heterocycles. The molecule has 9 nitrogen and oxygen atoms in total. The second kappa shape index (κ2) is 8.59. The molecule has 5 rings (SSSR count). The molecule has 9 heteroatoms. The Morgan fingerprint density at radius 3 is 2.67 bits per heavy atom. The first-order chi connectivity index (χ1) is 16.0. The summed E-state index contributed by atoms with van der Waals surface area (Å²) in [6, 6.07) is 10.3. The van der Waals surface area contributed by atoms with E-state index in [0.717, 1.165) is 29.7 Å². The standard InChI is InChI=1S/C24H23N3O6/c28-17(18-6-7-20(33-18)19-4-2-10-32-19)13-25-23(30)24(31)26-16-11-14-3-1-9-27-21(29)8-5-15(12-16)22(14)27/h2,4,6-7,10-12,17,28H,1,3,5,8-9,13H2,(H,25,30)(H,26,31). The van der Waals surface area contributed by atoms with Crippen molar-refractivity contribution in [1.29, 1.82) is 0 Å². The zero-order valence-corrected chi connectivity index (χ0v) is 17.8. The van der Waals surface area contributed by atoms with Gasteiger partial charge in [0.1, 0.15) is 11.9 Å². The van der Waals surface area contributed by atoms with Crippen LogP contribution < -0.4 is 15.5 Å². The fourth-order valence-corrected chi connectivity index (χ4v) is 4.37. The minimum Gasteiger partial charge on any atom is -0.461 e. The summed E-state index contributed by atoms with van der Waals surface area (Å²) in [6.45, 7) is 0.526. The summed E-state index contributed by atoms with van der Waals surface area (Å²) < 4.78 is 10.8. The molecule has 0 fully saturated rings. The Labute approximate surface area is 189 Å². The molecule has 0 spiro atoms. The molecule has 2 aromatic heterocycles. The van der Waals surface area contributed by atoms with Crippen molar-refractivity contribution in [2.45, 2.75) is 31.8 Å². The molecule has 0 radical (unpaired) electrons. The van der Waals surface area contributed by atoms with Crippen molar-refractivity contribution in [3.63, 3.8) is 0 Å². The summed E-state index contributed by atoms with van der Waals surface area (Å²) in [5.41, 5.74) is 3.48. The molecule has 1 aromatic carbocycles. The molecular weight excluding hydrogens is 426 g/mol. The molecule has 33 heavy (non-hydrogen) atoms. The van der Waals surface area contributed by atoms with E-state index in [2.05, 4.69) is 10.6 Å². The summed E-state index contributed by atoms with van der Waals surface area (Å²) in [7, 11) is 0. The Bertz CT molecular complexity index is 1200. The highest BCUT2D eigenvalue weighted by Gasteiger charge is 2.30. The second-order valence-electron chi connectivity index (χ2n) is 8.15. The van der Waals surface area contributed by atoms with Crippen LogP contribution in [-0.4, -0.2) is 35.9 Å². The van der Waals surface area contributed by atoms with Crippen molar-refractivity contribution in [3.8, 4) is 11.5 Å². The minimum absolute atomic E-state index is 0.131. The first-order valence-electron chi connectivity index (χ1n) is 10.9. The first-order valence-corrected chi connectivity index (χ1v) is 10.9. The van der Waals surface area contributed by atoms with Crippen LogP contribution in [-0.2, 0) is 27.2 Å². The van der Waals surface area contributed by atoms with Crippen LogP contribution in [0, 0.1) is 0 Å². The summed E-state index contributed by atoms with van der Waals surface area (Å²) >= 11 is 0. The van der Waals surface area contributed by atoms with Crippen molar-refractivity contribution in [2.24, 2.45) is 0 Å². The zero-order valence-electron chi connectivity index (χ0n) is 17.8. The zero-order chi connectivity index (χ0) is 22.9. The third-order valence-corrected chi connectivity index (χ3v) is 5.91. The predicted octanol–water partition coefficient (Wildman–Crippen LogP) is 2.55. The lowest BCUT2D eigenvalue weighted by Gasteiger charge is -2.35. The van der Waals surface area contributed by atoms with Crippen molar-refractivity contribution in [2.75, 3.05) is 23.3 Å². The van der Waals surface area contributed by atoms with Gasteiger partial charge in [-0.3, -0.25) is 14.4 Å². The van der Waals surface area contributed by atoms with Gasteiger partial charge in [0.25, 0.3) is 0 Å². The number of benzene rings is 1.